The third-order valence-electron chi connectivity index (χ3n) is 9.50. The topological polar surface area (TPSA) is 222 Å². The predicted octanol–water partition coefficient (Wildman–Crippen LogP) is -2.19. The molecular formula is C26H14F7N7O9. The molecule has 8 aliphatic heterocycles. The summed E-state index contributed by atoms with van der Waals surface area (Å²) in [6.45, 7) is 0. The number of fused-ring (bicyclic) bond motifs is 4. The van der Waals surface area contributed by atoms with Crippen molar-refractivity contribution in [1.29, 1.82) is 0 Å². The third kappa shape index (κ3) is 3.16. The maximum atomic E-state index is 15.0. The lowest BCUT2D eigenvalue weighted by atomic mass is 9.69. The first kappa shape index (κ1) is 30.6. The lowest BCUT2D eigenvalue weighted by Gasteiger charge is -2.54. The van der Waals surface area contributed by atoms with Crippen LogP contribution in [-0.4, -0.2) is 70.8 Å². The Bertz CT molecular complexity index is 2030. The lowest BCUT2D eigenvalue weighted by molar-refractivity contribution is -0.344. The molecule has 4 atom stereocenters. The summed E-state index contributed by atoms with van der Waals surface area (Å²) in [6.07, 6.45) is -9.39. The molecule has 3 fully saturated rings. The number of hydrogen-bond donors (Lipinski definition) is 7. The van der Waals surface area contributed by atoms with E-state index in [2.05, 4.69) is 21.3 Å². The van der Waals surface area contributed by atoms with Gasteiger partial charge in [0, 0.05) is 5.56 Å². The Morgan fingerprint density at radius 1 is 0.776 bits per heavy atom. The zero-order valence-electron chi connectivity index (χ0n) is 23.5. The molecule has 256 valence electrons. The van der Waals surface area contributed by atoms with E-state index in [1.54, 1.807) is 0 Å². The molecule has 3 saturated heterocycles. The zero-order chi connectivity index (χ0) is 35.5. The van der Waals surface area contributed by atoms with Crippen molar-refractivity contribution in [2.45, 2.75) is 53.1 Å². The van der Waals surface area contributed by atoms with Gasteiger partial charge in [0.15, 0.2) is 16.6 Å². The molecule has 0 saturated carbocycles. The van der Waals surface area contributed by atoms with Crippen molar-refractivity contribution in [3.05, 3.63) is 52.2 Å². The maximum absolute atomic E-state index is 15.0. The number of halogens is 7. The Morgan fingerprint density at radius 3 is 2.14 bits per heavy atom. The highest BCUT2D eigenvalue weighted by Crippen LogP contribution is 2.54. The van der Waals surface area contributed by atoms with Gasteiger partial charge in [0.2, 0.25) is 35.2 Å². The second-order valence-electron chi connectivity index (χ2n) is 12.0. The molecule has 3 spiro atoms. The largest absolute Gasteiger partial charge is 0.460 e. The van der Waals surface area contributed by atoms with Crippen LogP contribution in [0.25, 0.3) is 0 Å². The number of benzene rings is 1. The van der Waals surface area contributed by atoms with Crippen molar-refractivity contribution < 1.29 is 73.9 Å². The van der Waals surface area contributed by atoms with Gasteiger partial charge in [0.05, 0.1) is 18.5 Å². The van der Waals surface area contributed by atoms with Gasteiger partial charge in [-0.1, -0.05) is 6.07 Å². The van der Waals surface area contributed by atoms with Crippen LogP contribution in [0.4, 0.5) is 30.7 Å². The monoisotopic (exact) mass is 701 g/mol. The van der Waals surface area contributed by atoms with Crippen LogP contribution in [0, 0.1) is 0 Å². The van der Waals surface area contributed by atoms with Crippen LogP contribution in [0.1, 0.15) is 24.0 Å². The molecule has 10 rings (SSSR count). The molecule has 49 heavy (non-hydrogen) atoms. The van der Waals surface area contributed by atoms with Gasteiger partial charge < -0.3 is 36.6 Å². The van der Waals surface area contributed by atoms with Gasteiger partial charge in [-0.05, 0) is 17.7 Å². The summed E-state index contributed by atoms with van der Waals surface area (Å²) in [6, 6.07) is 3.18. The quantitative estimate of drug-likeness (QED) is 0.134. The summed E-state index contributed by atoms with van der Waals surface area (Å²) >= 11 is 0. The molecule has 1 aliphatic carbocycles. The predicted molar refractivity (Wildman–Crippen MR) is 133 cm³/mol. The van der Waals surface area contributed by atoms with Gasteiger partial charge in [-0.2, -0.15) is 30.7 Å². The van der Waals surface area contributed by atoms with Crippen molar-refractivity contribution >= 4 is 41.4 Å². The average molecular weight is 701 g/mol. The van der Waals surface area contributed by atoms with E-state index < -0.39 is 128 Å². The number of hydroxylamine groups is 1. The number of ether oxygens (including phenoxy) is 1. The smallest absolute Gasteiger partial charge is 0.453 e. The van der Waals surface area contributed by atoms with Crippen LogP contribution in [0.3, 0.4) is 0 Å². The van der Waals surface area contributed by atoms with E-state index in [0.717, 1.165) is 18.2 Å². The van der Waals surface area contributed by atoms with E-state index in [0.29, 0.717) is 0 Å². The maximum Gasteiger partial charge on any atom is 0.460 e. The molecule has 1 aromatic carbocycles. The highest BCUT2D eigenvalue weighted by Gasteiger charge is 2.79. The van der Waals surface area contributed by atoms with Crippen molar-refractivity contribution in [2.75, 3.05) is 0 Å². The van der Waals surface area contributed by atoms with Gasteiger partial charge in [-0.3, -0.25) is 33.6 Å². The standard InChI is InChI=1S/C26H14F7N7O9/c27-22(28,25(29,30)26(31,32)33)19(47)38-23-13-11-12-14-24(23)39-17(45)21(4-9(41)34-14,18(46)40-49-24)7-3-6(1-2-8(7)48-12)20(15(43)35-11,16(44)36-13)5-10(42)37-23/h1-3H,4-5H2,(H,34,41)(H,35,43)(H,36,44)(H,37,42)(H,38,47)(H,39,45)(H,40,46). The van der Waals surface area contributed by atoms with E-state index in [1.807, 2.05) is 10.8 Å². The number of nitrogens with one attached hydrogen (secondary N) is 7. The molecular weight excluding hydrogens is 687 g/mol. The Kier molecular flexibility index (Phi) is 5.28. The Morgan fingerprint density at radius 2 is 1.45 bits per heavy atom. The van der Waals surface area contributed by atoms with Crippen LogP contribution >= 0.6 is 0 Å². The molecule has 8 heterocycles. The summed E-state index contributed by atoms with van der Waals surface area (Å²) in [5.41, 5.74) is -14.8. The number of alkyl halides is 7. The van der Waals surface area contributed by atoms with Crippen molar-refractivity contribution in [3.63, 3.8) is 0 Å². The highest BCUT2D eigenvalue weighted by molar-refractivity contribution is 6.19. The minimum Gasteiger partial charge on any atom is -0.453 e. The highest BCUT2D eigenvalue weighted by atomic mass is 19.4. The number of hydrogen-bond acceptors (Lipinski definition) is 9. The second-order valence-corrected chi connectivity index (χ2v) is 12.0. The second kappa shape index (κ2) is 8.45. The fourth-order valence-electron chi connectivity index (χ4n) is 7.08. The first-order valence-electron chi connectivity index (χ1n) is 13.7. The molecule has 0 radical (unpaired) electrons. The van der Waals surface area contributed by atoms with E-state index in [-0.39, 0.29) is 5.75 Å². The summed E-state index contributed by atoms with van der Waals surface area (Å²) in [5, 5.41) is 11.7. The van der Waals surface area contributed by atoms with E-state index in [4.69, 9.17) is 9.57 Å². The fourth-order valence-corrected chi connectivity index (χ4v) is 7.08. The number of carbonyl (C=O) groups is 7. The summed E-state index contributed by atoms with van der Waals surface area (Å²) in [4.78, 5) is 103. The van der Waals surface area contributed by atoms with E-state index in [1.165, 1.54) is 5.32 Å². The lowest BCUT2D eigenvalue weighted by Crippen LogP contribution is -2.86. The molecule has 23 heteroatoms. The SMILES string of the molecule is O=C1CC23C(=O)NOC4(NC2=O)C(=C2Oc5ccc(cc53)C35CC(=O)NC4(NC(=O)C(F)(F)C(F)(F)C(F)(F)F)C(=C2NC3=O)NC5=O)N1. The molecule has 10 bridgehead atoms. The molecule has 16 nitrogen and oxygen atoms in total. The summed E-state index contributed by atoms with van der Waals surface area (Å²) in [5.74, 6) is -27.1. The fraction of sp³-hybridized carbons (Fsp3) is 0.346. The van der Waals surface area contributed by atoms with Crippen molar-refractivity contribution in [3.8, 4) is 5.75 Å². The minimum absolute atomic E-state index is 0.376. The molecule has 7 N–H and O–H groups in total. The van der Waals surface area contributed by atoms with Crippen LogP contribution in [-0.2, 0) is 49.2 Å². The van der Waals surface area contributed by atoms with Crippen molar-refractivity contribution in [2.24, 2.45) is 0 Å². The van der Waals surface area contributed by atoms with E-state index >= 15 is 8.78 Å². The normalized spacial score (nSPS) is 32.6. The summed E-state index contributed by atoms with van der Waals surface area (Å²) in [7, 11) is 0. The van der Waals surface area contributed by atoms with Crippen LogP contribution in [0.2, 0.25) is 0 Å². The van der Waals surface area contributed by atoms with Crippen LogP contribution in [0.5, 0.6) is 5.75 Å². The molecule has 7 amide bonds. The van der Waals surface area contributed by atoms with Crippen LogP contribution in [0.15, 0.2) is 41.0 Å². The average Bonchev–Trinajstić information content (AvgIpc) is 3.09. The zero-order valence-corrected chi connectivity index (χ0v) is 23.5. The molecule has 0 aromatic heterocycles. The molecule has 4 unspecified atom stereocenters. The number of rotatable bonds is 3. The minimum atomic E-state index is -7.09. The van der Waals surface area contributed by atoms with Gasteiger partial charge in [-0.15, -0.1) is 0 Å². The Balaban J connectivity index is 1.55. The first-order chi connectivity index (χ1) is 22.7. The molecule has 9 aliphatic rings. The van der Waals surface area contributed by atoms with Gasteiger partial charge in [0.25, 0.3) is 17.5 Å². The van der Waals surface area contributed by atoms with Gasteiger partial charge in [0.1, 0.15) is 17.1 Å². The van der Waals surface area contributed by atoms with Gasteiger partial charge in [-0.25, -0.2) is 10.3 Å². The van der Waals surface area contributed by atoms with Crippen LogP contribution < -0.4 is 42.1 Å². The number of amides is 7. The third-order valence-corrected chi connectivity index (χ3v) is 9.50. The Hall–Kier alpha value is -5.74. The van der Waals surface area contributed by atoms with E-state index in [9.17, 15) is 55.5 Å². The molecule has 1 aromatic rings. The summed E-state index contributed by atoms with van der Waals surface area (Å²) < 4.78 is 104. The first-order valence-corrected chi connectivity index (χ1v) is 13.7. The van der Waals surface area contributed by atoms with Crippen molar-refractivity contribution in [1.82, 2.24) is 37.4 Å². The number of carbonyl (C=O) groups excluding carboxylic acids is 7. The van der Waals surface area contributed by atoms with Gasteiger partial charge >= 0.3 is 18.0 Å². The Labute approximate surface area is 264 Å².